The summed E-state index contributed by atoms with van der Waals surface area (Å²) in [6.45, 7) is 8.18. The van der Waals surface area contributed by atoms with Crippen LogP contribution in [0.2, 0.25) is 0 Å². The molecule has 1 heterocycles. The summed E-state index contributed by atoms with van der Waals surface area (Å²) in [6.07, 6.45) is 0.730. The molecule has 1 fully saturated rings. The lowest BCUT2D eigenvalue weighted by Crippen LogP contribution is -2.51. The van der Waals surface area contributed by atoms with Gasteiger partial charge in [-0.05, 0) is 33.1 Å². The first-order valence-electron chi connectivity index (χ1n) is 5.18. The highest BCUT2D eigenvalue weighted by atomic mass is 16.3. The smallest absolute Gasteiger partial charge is 0.0553 e. The Morgan fingerprint density at radius 2 is 1.92 bits per heavy atom. The molecule has 0 saturated carbocycles. The third-order valence-electron chi connectivity index (χ3n) is 2.96. The molecule has 0 radical (unpaired) electrons. The van der Waals surface area contributed by atoms with Gasteiger partial charge < -0.3 is 10.8 Å². The first kappa shape index (κ1) is 11.0. The van der Waals surface area contributed by atoms with E-state index in [0.717, 1.165) is 19.5 Å². The average molecular weight is 186 g/mol. The fourth-order valence-electron chi connectivity index (χ4n) is 1.99. The lowest BCUT2D eigenvalue weighted by Gasteiger charge is -2.39. The number of aliphatic hydroxyl groups excluding tert-OH is 1. The Balaban J connectivity index is 2.52. The minimum Gasteiger partial charge on any atom is -0.393 e. The van der Waals surface area contributed by atoms with E-state index in [-0.39, 0.29) is 12.1 Å². The fourth-order valence-corrected chi connectivity index (χ4v) is 1.99. The van der Waals surface area contributed by atoms with Crippen molar-refractivity contribution < 1.29 is 5.11 Å². The highest BCUT2D eigenvalue weighted by Gasteiger charge is 2.28. The first-order chi connectivity index (χ1) is 6.00. The first-order valence-corrected chi connectivity index (χ1v) is 5.18. The molecule has 1 rings (SSSR count). The van der Waals surface area contributed by atoms with Gasteiger partial charge >= 0.3 is 0 Å². The highest BCUT2D eigenvalue weighted by molar-refractivity contribution is 4.84. The average Bonchev–Trinajstić information content (AvgIpc) is 2.03. The molecule has 0 amide bonds. The van der Waals surface area contributed by atoms with Gasteiger partial charge in [0, 0.05) is 25.2 Å². The van der Waals surface area contributed by atoms with Crippen molar-refractivity contribution >= 4 is 0 Å². The van der Waals surface area contributed by atoms with Gasteiger partial charge in [0.05, 0.1) is 6.10 Å². The van der Waals surface area contributed by atoms with Crippen molar-refractivity contribution in [3.8, 4) is 0 Å². The van der Waals surface area contributed by atoms with Crippen LogP contribution in [-0.4, -0.2) is 41.3 Å². The summed E-state index contributed by atoms with van der Waals surface area (Å²) in [7, 11) is 0. The summed E-state index contributed by atoms with van der Waals surface area (Å²) < 4.78 is 0. The molecular formula is C10H22N2O. The van der Waals surface area contributed by atoms with Gasteiger partial charge in [0.2, 0.25) is 0 Å². The molecule has 0 aliphatic carbocycles. The minimum atomic E-state index is -0.229. The third kappa shape index (κ3) is 2.93. The van der Waals surface area contributed by atoms with E-state index < -0.39 is 0 Å². The van der Waals surface area contributed by atoms with Crippen LogP contribution in [0.25, 0.3) is 0 Å². The monoisotopic (exact) mass is 186 g/mol. The van der Waals surface area contributed by atoms with Gasteiger partial charge in [-0.2, -0.15) is 0 Å². The van der Waals surface area contributed by atoms with Crippen LogP contribution < -0.4 is 5.73 Å². The third-order valence-corrected chi connectivity index (χ3v) is 2.96. The molecule has 1 aliphatic heterocycles. The summed E-state index contributed by atoms with van der Waals surface area (Å²) >= 11 is 0. The number of piperidine rings is 1. The summed E-state index contributed by atoms with van der Waals surface area (Å²) in [5.74, 6) is 0.353. The SMILES string of the molecule is CC(O)C1CC(N)CN(C(C)C)C1. The van der Waals surface area contributed by atoms with E-state index in [2.05, 4.69) is 18.7 Å². The maximum Gasteiger partial charge on any atom is 0.0553 e. The van der Waals surface area contributed by atoms with Crippen LogP contribution in [0.3, 0.4) is 0 Å². The normalized spacial score (nSPS) is 33.7. The Hall–Kier alpha value is -0.120. The maximum absolute atomic E-state index is 9.51. The molecule has 0 aromatic heterocycles. The molecule has 78 valence electrons. The van der Waals surface area contributed by atoms with E-state index in [1.807, 2.05) is 6.92 Å². The zero-order valence-electron chi connectivity index (χ0n) is 8.90. The molecule has 13 heavy (non-hydrogen) atoms. The fraction of sp³-hybridized carbons (Fsp3) is 1.00. The van der Waals surface area contributed by atoms with E-state index in [1.165, 1.54) is 0 Å². The zero-order chi connectivity index (χ0) is 10.0. The Morgan fingerprint density at radius 1 is 1.31 bits per heavy atom. The number of likely N-dealkylation sites (tertiary alicyclic amines) is 1. The van der Waals surface area contributed by atoms with Crippen molar-refractivity contribution in [2.75, 3.05) is 13.1 Å². The zero-order valence-corrected chi connectivity index (χ0v) is 8.90. The predicted molar refractivity (Wildman–Crippen MR) is 54.5 cm³/mol. The van der Waals surface area contributed by atoms with Crippen molar-refractivity contribution in [2.24, 2.45) is 11.7 Å². The molecule has 0 aromatic rings. The number of aliphatic hydroxyl groups is 1. The summed E-state index contributed by atoms with van der Waals surface area (Å²) in [6, 6.07) is 0.767. The molecule has 3 heteroatoms. The Kier molecular flexibility index (Phi) is 3.71. The molecule has 1 aliphatic rings. The van der Waals surface area contributed by atoms with Crippen LogP contribution in [0.15, 0.2) is 0 Å². The van der Waals surface area contributed by atoms with Crippen LogP contribution >= 0.6 is 0 Å². The Bertz CT molecular complexity index is 143. The minimum absolute atomic E-state index is 0.229. The summed E-state index contributed by atoms with van der Waals surface area (Å²) in [5.41, 5.74) is 5.94. The van der Waals surface area contributed by atoms with Gasteiger partial charge in [0.25, 0.3) is 0 Å². The standard InChI is InChI=1S/C10H22N2O/c1-7(2)12-5-9(8(3)13)4-10(11)6-12/h7-10,13H,4-6,11H2,1-3H3. The van der Waals surface area contributed by atoms with E-state index in [1.54, 1.807) is 0 Å². The quantitative estimate of drug-likeness (QED) is 0.657. The van der Waals surface area contributed by atoms with Gasteiger partial charge in [-0.1, -0.05) is 0 Å². The van der Waals surface area contributed by atoms with Crippen molar-refractivity contribution in [1.29, 1.82) is 0 Å². The van der Waals surface area contributed by atoms with Gasteiger partial charge in [-0.25, -0.2) is 0 Å². The maximum atomic E-state index is 9.51. The van der Waals surface area contributed by atoms with E-state index in [0.29, 0.717) is 12.0 Å². The Labute approximate surface area is 80.9 Å². The molecule has 1 saturated heterocycles. The van der Waals surface area contributed by atoms with E-state index in [4.69, 9.17) is 5.73 Å². The van der Waals surface area contributed by atoms with Crippen LogP contribution in [0.4, 0.5) is 0 Å². The molecule has 3 unspecified atom stereocenters. The van der Waals surface area contributed by atoms with E-state index in [9.17, 15) is 5.11 Å². The van der Waals surface area contributed by atoms with Gasteiger partial charge in [0.15, 0.2) is 0 Å². The molecule has 3 N–H and O–H groups in total. The van der Waals surface area contributed by atoms with Crippen LogP contribution in [0.1, 0.15) is 27.2 Å². The van der Waals surface area contributed by atoms with Gasteiger partial charge in [0.1, 0.15) is 0 Å². The van der Waals surface area contributed by atoms with Gasteiger partial charge in [-0.15, -0.1) is 0 Å². The van der Waals surface area contributed by atoms with Crippen molar-refractivity contribution in [1.82, 2.24) is 4.90 Å². The molecule has 3 nitrogen and oxygen atoms in total. The second-order valence-electron chi connectivity index (χ2n) is 4.54. The molecule has 0 spiro atoms. The van der Waals surface area contributed by atoms with Gasteiger partial charge in [-0.3, -0.25) is 4.90 Å². The largest absolute Gasteiger partial charge is 0.393 e. The molecule has 3 atom stereocenters. The van der Waals surface area contributed by atoms with Crippen LogP contribution in [0.5, 0.6) is 0 Å². The van der Waals surface area contributed by atoms with Crippen LogP contribution in [-0.2, 0) is 0 Å². The lowest BCUT2D eigenvalue weighted by molar-refractivity contribution is 0.0423. The van der Waals surface area contributed by atoms with Crippen molar-refractivity contribution in [3.05, 3.63) is 0 Å². The Morgan fingerprint density at radius 3 is 2.38 bits per heavy atom. The number of rotatable bonds is 2. The van der Waals surface area contributed by atoms with E-state index >= 15 is 0 Å². The molecule has 0 aromatic carbocycles. The summed E-state index contributed by atoms with van der Waals surface area (Å²) in [5, 5.41) is 9.51. The molecule has 0 bridgehead atoms. The lowest BCUT2D eigenvalue weighted by atomic mass is 9.90. The predicted octanol–water partition coefficient (Wildman–Crippen LogP) is 0.425. The summed E-state index contributed by atoms with van der Waals surface area (Å²) in [4.78, 5) is 2.35. The second-order valence-corrected chi connectivity index (χ2v) is 4.54. The number of hydrogen-bond acceptors (Lipinski definition) is 3. The van der Waals surface area contributed by atoms with Crippen LogP contribution in [0, 0.1) is 5.92 Å². The van der Waals surface area contributed by atoms with Crippen molar-refractivity contribution in [2.45, 2.75) is 45.4 Å². The number of hydrogen-bond donors (Lipinski definition) is 2. The molecular weight excluding hydrogens is 164 g/mol. The number of nitrogens with zero attached hydrogens (tertiary/aromatic N) is 1. The highest BCUT2D eigenvalue weighted by Crippen LogP contribution is 2.20. The topological polar surface area (TPSA) is 49.5 Å². The van der Waals surface area contributed by atoms with Crippen molar-refractivity contribution in [3.63, 3.8) is 0 Å². The second kappa shape index (κ2) is 4.40. The number of nitrogens with two attached hydrogens (primary N) is 1.